The number of ether oxygens (including phenoxy) is 1. The van der Waals surface area contributed by atoms with E-state index in [1.54, 1.807) is 0 Å². The zero-order chi connectivity index (χ0) is 18.0. The van der Waals surface area contributed by atoms with Gasteiger partial charge in [0, 0.05) is 30.8 Å². The third-order valence-corrected chi connectivity index (χ3v) is 5.07. The third kappa shape index (κ3) is 4.21. The van der Waals surface area contributed by atoms with Crippen LogP contribution in [0.5, 0.6) is 0 Å². The Balaban J connectivity index is 1.73. The quantitative estimate of drug-likeness (QED) is 0.851. The van der Waals surface area contributed by atoms with Gasteiger partial charge in [0.25, 0.3) is 5.91 Å². The first-order chi connectivity index (χ1) is 11.8. The summed E-state index contributed by atoms with van der Waals surface area (Å²) in [5, 5.41) is 2.92. The Bertz CT molecular complexity index is 663. The Morgan fingerprint density at radius 3 is 2.80 bits per heavy atom. The molecule has 1 aromatic rings. The molecule has 2 aliphatic rings. The van der Waals surface area contributed by atoms with Crippen molar-refractivity contribution in [1.82, 2.24) is 4.90 Å². The van der Waals surface area contributed by atoms with E-state index in [4.69, 9.17) is 4.74 Å². The van der Waals surface area contributed by atoms with Crippen molar-refractivity contribution in [2.45, 2.75) is 52.6 Å². The predicted octanol–water partition coefficient (Wildman–Crippen LogP) is 3.24. The molecule has 1 fully saturated rings. The first-order valence-corrected chi connectivity index (χ1v) is 9.18. The van der Waals surface area contributed by atoms with Crippen molar-refractivity contribution in [2.75, 3.05) is 25.0 Å². The minimum Gasteiger partial charge on any atom is -0.376 e. The van der Waals surface area contributed by atoms with Crippen LogP contribution in [-0.4, -0.2) is 42.5 Å². The van der Waals surface area contributed by atoms with Crippen LogP contribution in [0.25, 0.3) is 0 Å². The average Bonchev–Trinajstić information content (AvgIpc) is 2.90. The maximum Gasteiger partial charge on any atom is 0.253 e. The van der Waals surface area contributed by atoms with Gasteiger partial charge in [0.15, 0.2) is 0 Å². The molecule has 0 aromatic heterocycles. The highest BCUT2D eigenvalue weighted by molar-refractivity contribution is 5.97. The number of fused-ring (bicyclic) bond motifs is 1. The molecule has 1 saturated heterocycles. The molecular weight excluding hydrogens is 316 g/mol. The summed E-state index contributed by atoms with van der Waals surface area (Å²) in [4.78, 5) is 26.5. The van der Waals surface area contributed by atoms with Gasteiger partial charge in [0.1, 0.15) is 0 Å². The molecule has 3 rings (SSSR count). The van der Waals surface area contributed by atoms with Crippen molar-refractivity contribution in [3.8, 4) is 0 Å². The van der Waals surface area contributed by atoms with Gasteiger partial charge in [-0.05, 0) is 48.4 Å². The van der Waals surface area contributed by atoms with Gasteiger partial charge in [-0.15, -0.1) is 0 Å². The summed E-state index contributed by atoms with van der Waals surface area (Å²) in [5.41, 5.74) is 2.67. The van der Waals surface area contributed by atoms with E-state index in [2.05, 4.69) is 26.1 Å². The smallest absolute Gasteiger partial charge is 0.253 e. The van der Waals surface area contributed by atoms with Gasteiger partial charge >= 0.3 is 0 Å². The molecule has 2 amide bonds. The molecule has 0 spiro atoms. The summed E-state index contributed by atoms with van der Waals surface area (Å²) in [7, 11) is 0. The van der Waals surface area contributed by atoms with Gasteiger partial charge in [0.2, 0.25) is 5.91 Å². The van der Waals surface area contributed by atoms with Crippen LogP contribution in [-0.2, 0) is 16.0 Å². The largest absolute Gasteiger partial charge is 0.376 e. The van der Waals surface area contributed by atoms with E-state index in [1.807, 2.05) is 23.1 Å². The fraction of sp³-hybridized carbons (Fsp3) is 0.600. The number of rotatable bonds is 1. The highest BCUT2D eigenvalue weighted by atomic mass is 16.5. The molecule has 0 aliphatic carbocycles. The van der Waals surface area contributed by atoms with Gasteiger partial charge in [-0.3, -0.25) is 9.59 Å². The van der Waals surface area contributed by atoms with Crippen LogP contribution in [0.4, 0.5) is 5.69 Å². The zero-order valence-corrected chi connectivity index (χ0v) is 15.4. The number of carbonyl (C=O) groups is 2. The van der Waals surface area contributed by atoms with Gasteiger partial charge in [0.05, 0.1) is 12.7 Å². The second kappa shape index (κ2) is 7.16. The Labute approximate surface area is 149 Å². The Hall–Kier alpha value is -1.88. The van der Waals surface area contributed by atoms with E-state index in [-0.39, 0.29) is 23.3 Å². The van der Waals surface area contributed by atoms with Gasteiger partial charge in [-0.2, -0.15) is 0 Å². The molecule has 1 unspecified atom stereocenters. The molecule has 2 aliphatic heterocycles. The highest BCUT2D eigenvalue weighted by Gasteiger charge is 2.29. The normalized spacial score (nSPS) is 21.8. The minimum absolute atomic E-state index is 0.0516. The van der Waals surface area contributed by atoms with Crippen molar-refractivity contribution in [3.63, 3.8) is 0 Å². The van der Waals surface area contributed by atoms with Crippen LogP contribution in [0, 0.1) is 5.41 Å². The molecule has 136 valence electrons. The molecule has 2 heterocycles. The lowest BCUT2D eigenvalue weighted by atomic mass is 9.87. The van der Waals surface area contributed by atoms with Crippen molar-refractivity contribution in [1.29, 1.82) is 0 Å². The number of nitrogens with one attached hydrogen (secondary N) is 1. The van der Waals surface area contributed by atoms with Gasteiger partial charge in [-0.25, -0.2) is 0 Å². The van der Waals surface area contributed by atoms with E-state index in [9.17, 15) is 9.59 Å². The fourth-order valence-corrected chi connectivity index (χ4v) is 3.55. The van der Waals surface area contributed by atoms with Crippen molar-refractivity contribution < 1.29 is 14.3 Å². The van der Waals surface area contributed by atoms with Crippen LogP contribution in [0.1, 0.15) is 56.0 Å². The number of carbonyl (C=O) groups excluding carboxylic acids is 2. The first-order valence-electron chi connectivity index (χ1n) is 9.18. The summed E-state index contributed by atoms with van der Waals surface area (Å²) >= 11 is 0. The van der Waals surface area contributed by atoms with Crippen LogP contribution in [0.15, 0.2) is 18.2 Å². The van der Waals surface area contributed by atoms with E-state index >= 15 is 0 Å². The fourth-order valence-electron chi connectivity index (χ4n) is 3.55. The van der Waals surface area contributed by atoms with E-state index < -0.39 is 0 Å². The summed E-state index contributed by atoms with van der Waals surface area (Å²) in [6.07, 6.45) is 3.21. The minimum atomic E-state index is 0.0516. The Kier molecular flexibility index (Phi) is 5.13. The molecule has 1 N–H and O–H groups in total. The van der Waals surface area contributed by atoms with Gasteiger partial charge in [-0.1, -0.05) is 20.8 Å². The molecule has 25 heavy (non-hydrogen) atoms. The maximum atomic E-state index is 12.9. The van der Waals surface area contributed by atoms with Crippen LogP contribution in [0.2, 0.25) is 0 Å². The first kappa shape index (κ1) is 17.9. The molecule has 0 radical (unpaired) electrons. The van der Waals surface area contributed by atoms with Crippen molar-refractivity contribution >= 4 is 17.5 Å². The van der Waals surface area contributed by atoms with Crippen LogP contribution < -0.4 is 5.32 Å². The SMILES string of the molecule is CC(C)(C)C1CCN(C(=O)c2ccc3c(c2)CCCC(=O)N3)CCO1. The van der Waals surface area contributed by atoms with E-state index in [1.165, 1.54) is 0 Å². The van der Waals surface area contributed by atoms with Crippen LogP contribution in [0.3, 0.4) is 0 Å². The zero-order valence-electron chi connectivity index (χ0n) is 15.4. The number of hydrogen-bond acceptors (Lipinski definition) is 3. The second-order valence-corrected chi connectivity index (χ2v) is 8.08. The lowest BCUT2D eigenvalue weighted by Gasteiger charge is -2.29. The number of anilines is 1. The maximum absolute atomic E-state index is 12.9. The van der Waals surface area contributed by atoms with Crippen molar-refractivity contribution in [3.05, 3.63) is 29.3 Å². The monoisotopic (exact) mass is 344 g/mol. The predicted molar refractivity (Wildman–Crippen MR) is 97.7 cm³/mol. The number of amides is 2. The molecule has 5 nitrogen and oxygen atoms in total. The van der Waals surface area contributed by atoms with Gasteiger partial charge < -0.3 is 15.0 Å². The van der Waals surface area contributed by atoms with Crippen LogP contribution >= 0.6 is 0 Å². The summed E-state index contributed by atoms with van der Waals surface area (Å²) in [6.45, 7) is 8.45. The third-order valence-electron chi connectivity index (χ3n) is 5.07. The molecule has 1 aromatic carbocycles. The summed E-state index contributed by atoms with van der Waals surface area (Å²) in [6, 6.07) is 5.62. The molecule has 1 atom stereocenters. The highest BCUT2D eigenvalue weighted by Crippen LogP contribution is 2.28. The second-order valence-electron chi connectivity index (χ2n) is 8.08. The Morgan fingerprint density at radius 2 is 2.04 bits per heavy atom. The summed E-state index contributed by atoms with van der Waals surface area (Å²) < 4.78 is 5.96. The molecule has 5 heteroatoms. The number of hydrogen-bond donors (Lipinski definition) is 1. The lowest BCUT2D eigenvalue weighted by molar-refractivity contribution is -0.116. The standard InChI is InChI=1S/C20H28N2O3/c1-20(2,3)17-9-10-22(11-12-25-17)19(24)15-7-8-16-14(13-15)5-4-6-18(23)21-16/h7-8,13,17H,4-6,9-12H2,1-3H3,(H,21,23). The Morgan fingerprint density at radius 1 is 1.24 bits per heavy atom. The number of benzene rings is 1. The molecular formula is C20H28N2O3. The number of aryl methyl sites for hydroxylation is 1. The van der Waals surface area contributed by atoms with E-state index in [0.29, 0.717) is 31.7 Å². The lowest BCUT2D eigenvalue weighted by Crippen LogP contribution is -2.34. The average molecular weight is 344 g/mol. The van der Waals surface area contributed by atoms with Crippen molar-refractivity contribution in [2.24, 2.45) is 5.41 Å². The topological polar surface area (TPSA) is 58.6 Å². The molecule has 0 bridgehead atoms. The molecule has 0 saturated carbocycles. The summed E-state index contributed by atoms with van der Waals surface area (Å²) in [5.74, 6) is 0.104. The van der Waals surface area contributed by atoms with E-state index in [0.717, 1.165) is 30.5 Å². The number of nitrogens with zero attached hydrogens (tertiary/aromatic N) is 1.